The van der Waals surface area contributed by atoms with Crippen molar-refractivity contribution in [2.45, 2.75) is 116 Å². The van der Waals surface area contributed by atoms with Crippen molar-refractivity contribution in [1.29, 1.82) is 0 Å². The van der Waals surface area contributed by atoms with E-state index in [0.717, 1.165) is 49.2 Å². The molecule has 15 heteroatoms. The Morgan fingerprint density at radius 2 is 1.35 bits per heavy atom. The van der Waals surface area contributed by atoms with Crippen LogP contribution in [0.2, 0.25) is 18.1 Å². The Kier molecular flexibility index (Phi) is 18.5. The van der Waals surface area contributed by atoms with E-state index in [1.54, 1.807) is 77.7 Å². The number of hydrogen-bond donors (Lipinski definition) is 4. The molecule has 0 bridgehead atoms. The van der Waals surface area contributed by atoms with Crippen LogP contribution in [-0.2, 0) is 50.5 Å². The topological polar surface area (TPSA) is 180 Å². The molecule has 1 aliphatic rings. The van der Waals surface area contributed by atoms with Crippen molar-refractivity contribution in [2.75, 3.05) is 26.2 Å². The minimum atomic E-state index is -2.49. The molecule has 1 aliphatic heterocycles. The van der Waals surface area contributed by atoms with Gasteiger partial charge in [0.2, 0.25) is 11.2 Å². The average Bonchev–Trinajstić information content (AvgIpc) is 3.46. The summed E-state index contributed by atoms with van der Waals surface area (Å²) in [5.74, 6) is -0.287. The zero-order chi connectivity index (χ0) is 57.2. The number of fused-ring (bicyclic) bond motifs is 1. The Balaban J connectivity index is 0.858. The summed E-state index contributed by atoms with van der Waals surface area (Å²) in [7, 11) is -2.49. The molecule has 420 valence electrons. The molecule has 0 saturated carbocycles. The van der Waals surface area contributed by atoms with E-state index >= 15 is 0 Å². The normalized spacial score (nSPS) is 14.7. The number of aliphatic hydroxyl groups is 1. The summed E-state index contributed by atoms with van der Waals surface area (Å²) in [5, 5.41) is 26.3. The van der Waals surface area contributed by atoms with Gasteiger partial charge >= 0.3 is 12.1 Å². The number of nitrogens with one attached hydrogen (secondary N) is 2. The van der Waals surface area contributed by atoms with E-state index in [1.807, 2.05) is 69.3 Å². The van der Waals surface area contributed by atoms with Gasteiger partial charge in [0.25, 0.3) is 5.91 Å². The zero-order valence-corrected chi connectivity index (χ0v) is 48.3. The van der Waals surface area contributed by atoms with Gasteiger partial charge in [0, 0.05) is 36.7 Å². The number of hydrogen-bond acceptors (Lipinski definition) is 11. The number of pyridine rings is 1. The van der Waals surface area contributed by atoms with Crippen LogP contribution in [-0.4, -0.2) is 83.1 Å². The number of benzene rings is 6. The Morgan fingerprint density at radius 3 is 1.99 bits per heavy atom. The number of likely N-dealkylation sites (tertiary alicyclic amines) is 1. The summed E-state index contributed by atoms with van der Waals surface area (Å²) in [6, 6.07) is 47.3. The summed E-state index contributed by atoms with van der Waals surface area (Å²) in [6.07, 6.45) is 0.603. The van der Waals surface area contributed by atoms with E-state index in [9.17, 15) is 29.4 Å². The van der Waals surface area contributed by atoms with Crippen LogP contribution < -0.4 is 15.6 Å². The number of carbonyl (C=O) groups is 3. The maximum Gasteiger partial charge on any atom is 0.410 e. The molecular weight excluding hydrogens is 1020 g/mol. The lowest BCUT2D eigenvalue weighted by Crippen LogP contribution is -2.45. The first-order chi connectivity index (χ1) is 38.0. The van der Waals surface area contributed by atoms with Gasteiger partial charge in [-0.25, -0.2) is 9.59 Å². The summed E-state index contributed by atoms with van der Waals surface area (Å²) in [4.78, 5) is 60.5. The molecule has 6 aromatic carbocycles. The first kappa shape index (κ1) is 58.6. The SMILES string of the molecule is CC(C)(C)OC(=O)N(Cc1ccc(C(=O)NCc2ccc(COc3ccc(C(O)(C(=O)OCC4CCN(Cc5ccccc5)CC4)c4ccccc4)cc3)cc2)cc1)C[C@H](O[Si](C)(C)C(C)(C)C)c1ccc(O)c2[nH]c(=O)ccc12. The van der Waals surface area contributed by atoms with Crippen LogP contribution in [0.1, 0.15) is 110 Å². The fourth-order valence-electron chi connectivity index (χ4n) is 9.51. The highest BCUT2D eigenvalue weighted by molar-refractivity contribution is 6.74. The highest BCUT2D eigenvalue weighted by Gasteiger charge is 2.43. The maximum absolute atomic E-state index is 14.0. The number of amides is 2. The van der Waals surface area contributed by atoms with Crippen molar-refractivity contribution in [2.24, 2.45) is 5.92 Å². The lowest BCUT2D eigenvalue weighted by molar-refractivity contribution is -0.164. The number of rotatable bonds is 20. The van der Waals surface area contributed by atoms with Crippen molar-refractivity contribution >= 4 is 37.2 Å². The van der Waals surface area contributed by atoms with E-state index in [2.05, 4.69) is 73.3 Å². The molecule has 2 heterocycles. The molecule has 0 spiro atoms. The quantitative estimate of drug-likeness (QED) is 0.0421. The predicted molar refractivity (Wildman–Crippen MR) is 314 cm³/mol. The molecule has 2 amide bonds. The average molecular weight is 1100 g/mol. The Labute approximate surface area is 470 Å². The molecule has 8 rings (SSSR count). The van der Waals surface area contributed by atoms with Crippen LogP contribution in [0, 0.1) is 5.92 Å². The van der Waals surface area contributed by atoms with Crippen molar-refractivity contribution in [3.63, 3.8) is 0 Å². The van der Waals surface area contributed by atoms with E-state index < -0.39 is 37.7 Å². The van der Waals surface area contributed by atoms with Gasteiger partial charge in [0.05, 0.1) is 24.8 Å². The summed E-state index contributed by atoms with van der Waals surface area (Å²) < 4.78 is 25.0. The van der Waals surface area contributed by atoms with Gasteiger partial charge in [0.15, 0.2) is 8.32 Å². The monoisotopic (exact) mass is 1100 g/mol. The van der Waals surface area contributed by atoms with Crippen LogP contribution in [0.4, 0.5) is 4.79 Å². The number of aromatic hydroxyl groups is 1. The van der Waals surface area contributed by atoms with Crippen molar-refractivity contribution in [3.8, 4) is 11.5 Å². The number of esters is 1. The molecule has 1 unspecified atom stereocenters. The number of piperidine rings is 1. The van der Waals surface area contributed by atoms with Gasteiger partial charge in [-0.3, -0.25) is 14.5 Å². The molecule has 4 N–H and O–H groups in total. The molecule has 7 aromatic rings. The van der Waals surface area contributed by atoms with Gasteiger partial charge in [-0.1, -0.05) is 136 Å². The number of aromatic nitrogens is 1. The highest BCUT2D eigenvalue weighted by atomic mass is 28.4. The fraction of sp³-hybridized carbons (Fsp3) is 0.354. The molecule has 14 nitrogen and oxygen atoms in total. The van der Waals surface area contributed by atoms with Gasteiger partial charge in [-0.15, -0.1) is 0 Å². The van der Waals surface area contributed by atoms with Gasteiger partial charge in [0.1, 0.15) is 23.7 Å². The number of phenolic OH excluding ortho intramolecular Hbond substituents is 1. The largest absolute Gasteiger partial charge is 0.506 e. The second-order valence-electron chi connectivity index (χ2n) is 23.4. The van der Waals surface area contributed by atoms with Crippen molar-refractivity contribution < 1.29 is 43.2 Å². The molecular formula is C65H76N4O10Si. The summed E-state index contributed by atoms with van der Waals surface area (Å²) in [5.41, 5.74) is 2.91. The molecule has 1 fully saturated rings. The molecule has 0 radical (unpaired) electrons. The standard InChI is InChI=1S/C65H76N4O10Si/c1-63(2,3)78-62(74)69(42-57(79-80(7,8)64(4,5)6)54-31-33-56(70)59-55(54)32-34-58(71)67-59)41-47-23-25-50(26-24-47)60(72)66-39-45-19-21-48(22-20-45)43-76-53-29-27-52(28-30-53)65(75,51-17-13-10-14-18-51)61(73)77-44-49-35-37-68(38-36-49)40-46-15-11-9-12-16-46/h9-34,49,57,70,75H,35-44H2,1-8H3,(H,66,72)(H,67,71)/t57-,65?/m0/s1. The number of H-pyrrole nitrogens is 1. The number of carbonyl (C=O) groups excluding carboxylic acids is 3. The lowest BCUT2D eigenvalue weighted by atomic mass is 9.86. The molecule has 80 heavy (non-hydrogen) atoms. The minimum Gasteiger partial charge on any atom is -0.506 e. The van der Waals surface area contributed by atoms with Gasteiger partial charge < -0.3 is 44.1 Å². The van der Waals surface area contributed by atoms with Crippen LogP contribution >= 0.6 is 0 Å². The van der Waals surface area contributed by atoms with Crippen LogP contribution in [0.5, 0.6) is 11.5 Å². The van der Waals surface area contributed by atoms with Crippen molar-refractivity contribution in [3.05, 3.63) is 213 Å². The van der Waals surface area contributed by atoms with Gasteiger partial charge in [-0.2, -0.15) is 0 Å². The number of aromatic amines is 1. The number of phenols is 1. The Bertz CT molecular complexity index is 3260. The van der Waals surface area contributed by atoms with Crippen molar-refractivity contribution in [1.82, 2.24) is 20.1 Å². The minimum absolute atomic E-state index is 0.0733. The third kappa shape index (κ3) is 15.0. The first-order valence-corrected chi connectivity index (χ1v) is 30.4. The third-order valence-electron chi connectivity index (χ3n) is 15.2. The second-order valence-corrected chi connectivity index (χ2v) is 28.2. The summed E-state index contributed by atoms with van der Waals surface area (Å²) >= 11 is 0. The van der Waals surface area contributed by atoms with E-state index in [-0.39, 0.29) is 66.5 Å². The van der Waals surface area contributed by atoms with Crippen LogP contribution in [0.25, 0.3) is 10.9 Å². The Hall–Kier alpha value is -7.56. The van der Waals surface area contributed by atoms with E-state index in [0.29, 0.717) is 33.4 Å². The van der Waals surface area contributed by atoms with Gasteiger partial charge in [-0.05, 0) is 146 Å². The maximum atomic E-state index is 14.0. The number of nitrogens with zero attached hydrogens (tertiary/aromatic N) is 2. The second kappa shape index (κ2) is 25.3. The number of ether oxygens (including phenoxy) is 3. The smallest absolute Gasteiger partial charge is 0.410 e. The molecule has 0 aliphatic carbocycles. The van der Waals surface area contributed by atoms with E-state index in [1.165, 1.54) is 17.7 Å². The molecule has 2 atom stereocenters. The summed E-state index contributed by atoms with van der Waals surface area (Å²) in [6.45, 7) is 19.9. The first-order valence-electron chi connectivity index (χ1n) is 27.4. The lowest BCUT2D eigenvalue weighted by Gasteiger charge is -2.41. The molecule has 1 aromatic heterocycles. The third-order valence-corrected chi connectivity index (χ3v) is 19.7. The van der Waals surface area contributed by atoms with E-state index in [4.69, 9.17) is 18.6 Å². The van der Waals surface area contributed by atoms with Crippen LogP contribution in [0.15, 0.2) is 163 Å². The Morgan fingerprint density at radius 1 is 0.738 bits per heavy atom. The zero-order valence-electron chi connectivity index (χ0n) is 47.3. The predicted octanol–water partition coefficient (Wildman–Crippen LogP) is 11.9. The fourth-order valence-corrected chi connectivity index (χ4v) is 10.8. The highest BCUT2D eigenvalue weighted by Crippen LogP contribution is 2.42. The molecule has 1 saturated heterocycles. The van der Waals surface area contributed by atoms with Crippen LogP contribution in [0.3, 0.4) is 0 Å².